The molecule has 2 rings (SSSR count). The van der Waals surface area contributed by atoms with Gasteiger partial charge in [-0.3, -0.25) is 0 Å². The molecule has 2 N–H and O–H groups in total. The van der Waals surface area contributed by atoms with Crippen LogP contribution in [0.1, 0.15) is 44.1 Å². The first kappa shape index (κ1) is 15.3. The zero-order chi connectivity index (χ0) is 13.7. The van der Waals surface area contributed by atoms with Crippen LogP contribution in [0, 0.1) is 0 Å². The Morgan fingerprint density at radius 1 is 1.21 bits per heavy atom. The quantitative estimate of drug-likeness (QED) is 0.804. The third-order valence-corrected chi connectivity index (χ3v) is 4.61. The number of benzene rings is 1. The number of hydrogen-bond donors (Lipinski definition) is 1. The molecule has 1 saturated carbocycles. The Morgan fingerprint density at radius 3 is 2.53 bits per heavy atom. The van der Waals surface area contributed by atoms with E-state index in [1.807, 2.05) is 18.2 Å². The van der Waals surface area contributed by atoms with Crippen molar-refractivity contribution in [3.8, 4) is 0 Å². The third-order valence-electron chi connectivity index (χ3n) is 3.76. The molecule has 0 aromatic heterocycles. The molecule has 0 saturated heterocycles. The van der Waals surface area contributed by atoms with Gasteiger partial charge in [0.2, 0.25) is 0 Å². The van der Waals surface area contributed by atoms with Crippen molar-refractivity contribution in [2.75, 3.05) is 6.61 Å². The molecule has 1 aliphatic rings. The Kier molecular flexibility index (Phi) is 5.70. The Morgan fingerprint density at radius 2 is 1.89 bits per heavy atom. The molecule has 0 heterocycles. The third kappa shape index (κ3) is 4.75. The molecule has 4 heteroatoms. The molecule has 0 aliphatic heterocycles. The van der Waals surface area contributed by atoms with E-state index in [1.165, 1.54) is 25.7 Å². The van der Waals surface area contributed by atoms with Crippen LogP contribution >= 0.6 is 27.5 Å². The van der Waals surface area contributed by atoms with Crippen LogP contribution in [-0.2, 0) is 11.3 Å². The lowest BCUT2D eigenvalue weighted by atomic mass is 9.93. The summed E-state index contributed by atoms with van der Waals surface area (Å²) in [4.78, 5) is 0. The number of ether oxygens (including phenoxy) is 1. The van der Waals surface area contributed by atoms with Gasteiger partial charge in [0, 0.05) is 15.0 Å². The molecule has 0 unspecified atom stereocenters. The van der Waals surface area contributed by atoms with Crippen LogP contribution in [0.25, 0.3) is 0 Å². The Balaban J connectivity index is 1.85. The lowest BCUT2D eigenvalue weighted by molar-refractivity contribution is 0.0667. The topological polar surface area (TPSA) is 35.2 Å². The predicted molar refractivity (Wildman–Crippen MR) is 83.4 cm³/mol. The van der Waals surface area contributed by atoms with Gasteiger partial charge in [-0.1, -0.05) is 59.3 Å². The molecule has 0 spiro atoms. The SMILES string of the molecule is NC1(COCc2ccc(Br)cc2Cl)CCCCCC1. The highest BCUT2D eigenvalue weighted by atomic mass is 79.9. The normalized spacial score (nSPS) is 19.1. The molecule has 1 aromatic carbocycles. The van der Waals surface area contributed by atoms with Crippen LogP contribution in [0.3, 0.4) is 0 Å². The van der Waals surface area contributed by atoms with Crippen LogP contribution in [-0.4, -0.2) is 12.1 Å². The molecule has 1 aromatic rings. The molecule has 1 aliphatic carbocycles. The van der Waals surface area contributed by atoms with Crippen molar-refractivity contribution in [3.63, 3.8) is 0 Å². The standard InChI is InChI=1S/C15H21BrClNO/c16-13-6-5-12(14(17)9-13)10-19-11-15(18)7-3-1-2-4-8-15/h5-6,9H,1-4,7-8,10-11,18H2. The fourth-order valence-corrected chi connectivity index (χ4v) is 3.31. The van der Waals surface area contributed by atoms with Gasteiger partial charge in [0.15, 0.2) is 0 Å². The van der Waals surface area contributed by atoms with Crippen molar-refractivity contribution in [2.45, 2.75) is 50.7 Å². The summed E-state index contributed by atoms with van der Waals surface area (Å²) in [6, 6.07) is 5.86. The summed E-state index contributed by atoms with van der Waals surface area (Å²) < 4.78 is 6.80. The van der Waals surface area contributed by atoms with Crippen molar-refractivity contribution in [3.05, 3.63) is 33.3 Å². The molecule has 1 fully saturated rings. The minimum Gasteiger partial charge on any atom is -0.375 e. The average molecular weight is 347 g/mol. The maximum absolute atomic E-state index is 6.42. The highest BCUT2D eigenvalue weighted by Crippen LogP contribution is 2.26. The van der Waals surface area contributed by atoms with E-state index in [-0.39, 0.29) is 5.54 Å². The largest absolute Gasteiger partial charge is 0.375 e. The summed E-state index contributed by atoms with van der Waals surface area (Å²) in [5.74, 6) is 0. The zero-order valence-corrected chi connectivity index (χ0v) is 13.5. The maximum Gasteiger partial charge on any atom is 0.0732 e. The minimum absolute atomic E-state index is 0.141. The summed E-state index contributed by atoms with van der Waals surface area (Å²) >= 11 is 9.57. The molecule has 19 heavy (non-hydrogen) atoms. The van der Waals surface area contributed by atoms with Gasteiger partial charge in [0.1, 0.15) is 0 Å². The van der Waals surface area contributed by atoms with Crippen molar-refractivity contribution >= 4 is 27.5 Å². The van der Waals surface area contributed by atoms with Crippen LogP contribution < -0.4 is 5.73 Å². The number of halogens is 2. The fraction of sp³-hybridized carbons (Fsp3) is 0.600. The highest BCUT2D eigenvalue weighted by molar-refractivity contribution is 9.10. The van der Waals surface area contributed by atoms with Crippen LogP contribution in [0.5, 0.6) is 0 Å². The second-order valence-electron chi connectivity index (χ2n) is 5.51. The van der Waals surface area contributed by atoms with E-state index >= 15 is 0 Å². The van der Waals surface area contributed by atoms with E-state index in [2.05, 4.69) is 15.9 Å². The lowest BCUT2D eigenvalue weighted by Crippen LogP contribution is -2.43. The zero-order valence-electron chi connectivity index (χ0n) is 11.1. The Labute approximate surface area is 128 Å². The van der Waals surface area contributed by atoms with Crippen molar-refractivity contribution in [2.24, 2.45) is 5.73 Å². The van der Waals surface area contributed by atoms with Gasteiger partial charge in [-0.2, -0.15) is 0 Å². The van der Waals surface area contributed by atoms with Crippen molar-refractivity contribution < 1.29 is 4.74 Å². The number of rotatable bonds is 4. The molecule has 0 radical (unpaired) electrons. The van der Waals surface area contributed by atoms with E-state index in [1.54, 1.807) is 0 Å². The molecule has 2 nitrogen and oxygen atoms in total. The maximum atomic E-state index is 6.42. The van der Waals surface area contributed by atoms with Crippen LogP contribution in [0.2, 0.25) is 5.02 Å². The highest BCUT2D eigenvalue weighted by Gasteiger charge is 2.26. The number of hydrogen-bond acceptors (Lipinski definition) is 2. The molecular weight excluding hydrogens is 326 g/mol. The molecule has 0 amide bonds. The van der Waals surface area contributed by atoms with E-state index in [0.717, 1.165) is 27.9 Å². The van der Waals surface area contributed by atoms with Gasteiger partial charge in [0.05, 0.1) is 13.2 Å². The lowest BCUT2D eigenvalue weighted by Gasteiger charge is -2.27. The van der Waals surface area contributed by atoms with Crippen LogP contribution in [0.4, 0.5) is 0 Å². The van der Waals surface area contributed by atoms with Gasteiger partial charge >= 0.3 is 0 Å². The van der Waals surface area contributed by atoms with E-state index in [4.69, 9.17) is 22.1 Å². The monoisotopic (exact) mass is 345 g/mol. The number of nitrogens with two attached hydrogens (primary N) is 1. The predicted octanol–water partition coefficient (Wildman–Crippen LogP) is 4.67. The van der Waals surface area contributed by atoms with Crippen LogP contribution in [0.15, 0.2) is 22.7 Å². The molecule has 0 atom stereocenters. The molecule has 0 bridgehead atoms. The second kappa shape index (κ2) is 7.07. The first-order valence-corrected chi connectivity index (χ1v) is 8.07. The van der Waals surface area contributed by atoms with E-state index in [0.29, 0.717) is 13.2 Å². The fourth-order valence-electron chi connectivity index (χ4n) is 2.58. The van der Waals surface area contributed by atoms with E-state index < -0.39 is 0 Å². The summed E-state index contributed by atoms with van der Waals surface area (Å²) in [5.41, 5.74) is 7.30. The first-order valence-electron chi connectivity index (χ1n) is 6.90. The molecule has 106 valence electrons. The van der Waals surface area contributed by atoms with Gasteiger partial charge in [-0.15, -0.1) is 0 Å². The summed E-state index contributed by atoms with van der Waals surface area (Å²) in [7, 11) is 0. The average Bonchev–Trinajstić information content (AvgIpc) is 2.57. The van der Waals surface area contributed by atoms with Gasteiger partial charge in [-0.25, -0.2) is 0 Å². The molecular formula is C15H21BrClNO. The summed E-state index contributed by atoms with van der Waals surface area (Å²) in [5, 5.41) is 0.737. The first-order chi connectivity index (χ1) is 9.09. The smallest absolute Gasteiger partial charge is 0.0732 e. The van der Waals surface area contributed by atoms with Gasteiger partial charge < -0.3 is 10.5 Å². The summed E-state index contributed by atoms with van der Waals surface area (Å²) in [6.45, 7) is 1.16. The van der Waals surface area contributed by atoms with Crippen molar-refractivity contribution in [1.29, 1.82) is 0 Å². The Bertz CT molecular complexity index is 417. The second-order valence-corrected chi connectivity index (χ2v) is 6.83. The Hall–Kier alpha value is -0.0900. The van der Waals surface area contributed by atoms with Crippen molar-refractivity contribution in [1.82, 2.24) is 0 Å². The van der Waals surface area contributed by atoms with E-state index in [9.17, 15) is 0 Å². The summed E-state index contributed by atoms with van der Waals surface area (Å²) in [6.07, 6.45) is 7.19. The minimum atomic E-state index is -0.141. The van der Waals surface area contributed by atoms with Gasteiger partial charge in [-0.05, 0) is 30.5 Å². The van der Waals surface area contributed by atoms with Gasteiger partial charge in [0.25, 0.3) is 0 Å².